The van der Waals surface area contributed by atoms with Crippen molar-refractivity contribution in [3.05, 3.63) is 57.5 Å². The van der Waals surface area contributed by atoms with E-state index in [1.54, 1.807) is 36.4 Å². The van der Waals surface area contributed by atoms with Gasteiger partial charge in [-0.25, -0.2) is 0 Å². The molecule has 7 heteroatoms. The molecule has 0 fully saturated rings. The molecule has 126 valence electrons. The second-order valence-electron chi connectivity index (χ2n) is 5.64. The average molecular weight is 386 g/mol. The third-order valence-electron chi connectivity index (χ3n) is 3.44. The third-order valence-corrected chi connectivity index (χ3v) is 4.31. The summed E-state index contributed by atoms with van der Waals surface area (Å²) in [5, 5.41) is 6.42. The predicted molar refractivity (Wildman–Crippen MR) is 99.0 cm³/mol. The maximum Gasteiger partial charge on any atom is 0.239 e. The molecule has 0 bridgehead atoms. The molecular formula is C17H15Cl3N2O2. The molecule has 2 rings (SSSR count). The van der Waals surface area contributed by atoms with E-state index in [-0.39, 0.29) is 5.02 Å². The van der Waals surface area contributed by atoms with Gasteiger partial charge in [-0.15, -0.1) is 0 Å². The van der Waals surface area contributed by atoms with Crippen LogP contribution < -0.4 is 10.6 Å². The van der Waals surface area contributed by atoms with Crippen LogP contribution in [0.1, 0.15) is 13.8 Å². The molecule has 0 heterocycles. The predicted octanol–water partition coefficient (Wildman–Crippen LogP) is 5.25. The Morgan fingerprint density at radius 2 is 1.38 bits per heavy atom. The second-order valence-corrected chi connectivity index (χ2v) is 6.89. The fourth-order valence-electron chi connectivity index (χ4n) is 1.81. The lowest BCUT2D eigenvalue weighted by Crippen LogP contribution is -2.41. The number of amides is 2. The quantitative estimate of drug-likeness (QED) is 0.706. The zero-order valence-corrected chi connectivity index (χ0v) is 15.3. The van der Waals surface area contributed by atoms with E-state index in [0.717, 1.165) is 0 Å². The highest BCUT2D eigenvalue weighted by atomic mass is 35.5. The summed E-state index contributed by atoms with van der Waals surface area (Å²) in [5.74, 6) is -0.991. The Morgan fingerprint density at radius 1 is 0.833 bits per heavy atom. The van der Waals surface area contributed by atoms with Crippen molar-refractivity contribution < 1.29 is 9.59 Å². The molecule has 24 heavy (non-hydrogen) atoms. The lowest BCUT2D eigenvalue weighted by molar-refractivity contribution is -0.135. The van der Waals surface area contributed by atoms with Gasteiger partial charge in [-0.05, 0) is 44.2 Å². The van der Waals surface area contributed by atoms with Crippen LogP contribution >= 0.6 is 34.8 Å². The van der Waals surface area contributed by atoms with Crippen LogP contribution in [-0.2, 0) is 9.59 Å². The first-order valence-corrected chi connectivity index (χ1v) is 8.17. The van der Waals surface area contributed by atoms with Gasteiger partial charge in [0.05, 0.1) is 21.4 Å². The first kappa shape index (κ1) is 18.6. The zero-order chi connectivity index (χ0) is 17.9. The standard InChI is InChI=1S/C17H15Cl3N2O2/c1-17(2,15(23)21-13-6-4-3-5-11(13)19)16(24)22-14-8-7-10(18)9-12(14)20/h3-9H,1-2H3,(H,21,23)(H,22,24). The van der Waals surface area contributed by atoms with Crippen molar-refractivity contribution in [3.8, 4) is 0 Å². The lowest BCUT2D eigenvalue weighted by Gasteiger charge is -2.23. The van der Waals surface area contributed by atoms with Crippen LogP contribution in [0.25, 0.3) is 0 Å². The van der Waals surface area contributed by atoms with Gasteiger partial charge in [-0.3, -0.25) is 9.59 Å². The fourth-order valence-corrected chi connectivity index (χ4v) is 2.45. The second kappa shape index (κ2) is 7.43. The summed E-state index contributed by atoms with van der Waals surface area (Å²) in [5.41, 5.74) is -0.526. The van der Waals surface area contributed by atoms with Crippen LogP contribution in [0.2, 0.25) is 15.1 Å². The Morgan fingerprint density at radius 3 is 1.92 bits per heavy atom. The molecule has 0 aliphatic heterocycles. The van der Waals surface area contributed by atoms with E-state index in [1.807, 2.05) is 0 Å². The SMILES string of the molecule is CC(C)(C(=O)Nc1ccccc1Cl)C(=O)Nc1ccc(Cl)cc1Cl. The lowest BCUT2D eigenvalue weighted by atomic mass is 9.90. The number of anilines is 2. The molecule has 2 amide bonds. The highest BCUT2D eigenvalue weighted by Gasteiger charge is 2.36. The van der Waals surface area contributed by atoms with E-state index < -0.39 is 17.2 Å². The van der Waals surface area contributed by atoms with E-state index in [9.17, 15) is 9.59 Å². The van der Waals surface area contributed by atoms with Gasteiger partial charge >= 0.3 is 0 Å². The van der Waals surface area contributed by atoms with Crippen molar-refractivity contribution in [2.75, 3.05) is 10.6 Å². The third kappa shape index (κ3) is 4.20. The van der Waals surface area contributed by atoms with E-state index in [1.165, 1.54) is 19.9 Å². The maximum absolute atomic E-state index is 12.5. The number of halogens is 3. The molecule has 0 unspecified atom stereocenters. The topological polar surface area (TPSA) is 58.2 Å². The summed E-state index contributed by atoms with van der Waals surface area (Å²) >= 11 is 17.9. The molecule has 0 atom stereocenters. The molecule has 0 radical (unpaired) electrons. The Balaban J connectivity index is 2.14. The summed E-state index contributed by atoms with van der Waals surface area (Å²) < 4.78 is 0. The molecule has 2 aromatic carbocycles. The van der Waals surface area contributed by atoms with Crippen LogP contribution in [0.5, 0.6) is 0 Å². The van der Waals surface area contributed by atoms with Crippen molar-refractivity contribution in [1.29, 1.82) is 0 Å². The molecule has 0 aliphatic rings. The normalized spacial score (nSPS) is 11.0. The number of para-hydroxylation sites is 1. The first-order valence-electron chi connectivity index (χ1n) is 7.04. The van der Waals surface area contributed by atoms with Crippen LogP contribution in [0.15, 0.2) is 42.5 Å². The van der Waals surface area contributed by atoms with Crippen LogP contribution in [-0.4, -0.2) is 11.8 Å². The number of carbonyl (C=O) groups is 2. The molecule has 4 nitrogen and oxygen atoms in total. The van der Waals surface area contributed by atoms with Crippen molar-refractivity contribution in [2.45, 2.75) is 13.8 Å². The molecule has 0 aromatic heterocycles. The van der Waals surface area contributed by atoms with Gasteiger partial charge in [0.25, 0.3) is 0 Å². The minimum Gasteiger partial charge on any atom is -0.324 e. The average Bonchev–Trinajstić information content (AvgIpc) is 2.52. The van der Waals surface area contributed by atoms with Crippen LogP contribution in [0.3, 0.4) is 0 Å². The minimum atomic E-state index is -1.35. The van der Waals surface area contributed by atoms with Gasteiger partial charge in [0.2, 0.25) is 11.8 Å². The van der Waals surface area contributed by atoms with E-state index in [2.05, 4.69) is 10.6 Å². The molecule has 0 saturated heterocycles. The highest BCUT2D eigenvalue weighted by Crippen LogP contribution is 2.29. The molecule has 0 aliphatic carbocycles. The molecule has 0 spiro atoms. The van der Waals surface area contributed by atoms with Gasteiger partial charge < -0.3 is 10.6 Å². The van der Waals surface area contributed by atoms with Gasteiger partial charge in [0, 0.05) is 5.02 Å². The van der Waals surface area contributed by atoms with Crippen molar-refractivity contribution in [2.24, 2.45) is 5.41 Å². The number of benzene rings is 2. The Hall–Kier alpha value is -1.75. The number of hydrogen-bond acceptors (Lipinski definition) is 2. The van der Waals surface area contributed by atoms with Gasteiger partial charge in [-0.1, -0.05) is 46.9 Å². The Labute approximate surface area is 155 Å². The summed E-state index contributed by atoms with van der Waals surface area (Å²) in [6, 6.07) is 11.5. The number of nitrogens with one attached hydrogen (secondary N) is 2. The summed E-state index contributed by atoms with van der Waals surface area (Å²) in [6.07, 6.45) is 0. The number of hydrogen-bond donors (Lipinski definition) is 2. The van der Waals surface area contributed by atoms with Crippen molar-refractivity contribution in [3.63, 3.8) is 0 Å². The Kier molecular flexibility index (Phi) is 5.75. The highest BCUT2D eigenvalue weighted by molar-refractivity contribution is 6.37. The minimum absolute atomic E-state index is 0.290. The Bertz CT molecular complexity index is 791. The van der Waals surface area contributed by atoms with E-state index >= 15 is 0 Å². The molecule has 0 saturated carbocycles. The van der Waals surface area contributed by atoms with Gasteiger partial charge in [0.1, 0.15) is 5.41 Å². The maximum atomic E-state index is 12.5. The summed E-state index contributed by atoms with van der Waals surface area (Å²) in [6.45, 7) is 3.02. The number of carbonyl (C=O) groups excluding carboxylic acids is 2. The summed E-state index contributed by atoms with van der Waals surface area (Å²) in [7, 11) is 0. The van der Waals surface area contributed by atoms with Crippen molar-refractivity contribution in [1.82, 2.24) is 0 Å². The van der Waals surface area contributed by atoms with E-state index in [4.69, 9.17) is 34.8 Å². The number of rotatable bonds is 4. The smallest absolute Gasteiger partial charge is 0.239 e. The van der Waals surface area contributed by atoms with Gasteiger partial charge in [-0.2, -0.15) is 0 Å². The van der Waals surface area contributed by atoms with E-state index in [0.29, 0.717) is 21.4 Å². The van der Waals surface area contributed by atoms with Gasteiger partial charge in [0.15, 0.2) is 0 Å². The summed E-state index contributed by atoms with van der Waals surface area (Å²) in [4.78, 5) is 25.0. The first-order chi connectivity index (χ1) is 11.2. The van der Waals surface area contributed by atoms with Crippen LogP contribution in [0.4, 0.5) is 11.4 Å². The molecule has 2 aromatic rings. The van der Waals surface area contributed by atoms with Crippen LogP contribution in [0, 0.1) is 5.41 Å². The fraction of sp³-hybridized carbons (Fsp3) is 0.176. The monoisotopic (exact) mass is 384 g/mol. The van der Waals surface area contributed by atoms with Crippen molar-refractivity contribution >= 4 is 58.0 Å². The zero-order valence-electron chi connectivity index (χ0n) is 13.0. The molecular weight excluding hydrogens is 371 g/mol. The molecule has 2 N–H and O–H groups in total. The largest absolute Gasteiger partial charge is 0.324 e.